The van der Waals surface area contributed by atoms with Crippen LogP contribution in [0.3, 0.4) is 0 Å². The van der Waals surface area contributed by atoms with Gasteiger partial charge in [0.15, 0.2) is 5.79 Å². The van der Waals surface area contributed by atoms with Crippen molar-refractivity contribution in [2.75, 3.05) is 13.2 Å². The molecule has 0 aliphatic carbocycles. The van der Waals surface area contributed by atoms with Crippen molar-refractivity contribution in [2.24, 2.45) is 0 Å². The van der Waals surface area contributed by atoms with Crippen molar-refractivity contribution in [1.29, 1.82) is 0 Å². The Morgan fingerprint density at radius 2 is 1.11 bits per heavy atom. The minimum absolute atomic E-state index is 0.355. The van der Waals surface area contributed by atoms with E-state index in [-0.39, 0.29) is 5.79 Å². The third kappa shape index (κ3) is 9.90. The average Bonchev–Trinajstić information content (AvgIpc) is 2.33. The molecule has 0 spiro atoms. The SMILES string of the molecule is CCCCCCCCCCC(C)(OCC)OCC. The Morgan fingerprint density at radius 1 is 0.667 bits per heavy atom. The maximum Gasteiger partial charge on any atom is 0.165 e. The zero-order valence-corrected chi connectivity index (χ0v) is 13.1. The first-order valence-corrected chi connectivity index (χ1v) is 7.96. The molecule has 0 amide bonds. The highest BCUT2D eigenvalue weighted by Gasteiger charge is 2.23. The number of unbranched alkanes of at least 4 members (excludes halogenated alkanes) is 7. The van der Waals surface area contributed by atoms with Crippen molar-refractivity contribution in [2.45, 2.75) is 91.3 Å². The van der Waals surface area contributed by atoms with Crippen LogP contribution in [0, 0.1) is 0 Å². The second kappa shape index (κ2) is 12.0. The number of rotatable bonds is 13. The van der Waals surface area contributed by atoms with Crippen LogP contribution in [-0.4, -0.2) is 19.0 Å². The van der Waals surface area contributed by atoms with Crippen molar-refractivity contribution in [3.63, 3.8) is 0 Å². The highest BCUT2D eigenvalue weighted by Crippen LogP contribution is 2.21. The van der Waals surface area contributed by atoms with Crippen molar-refractivity contribution >= 4 is 0 Å². The zero-order valence-electron chi connectivity index (χ0n) is 13.1. The highest BCUT2D eigenvalue weighted by molar-refractivity contribution is 4.63. The van der Waals surface area contributed by atoms with Crippen LogP contribution in [0.1, 0.15) is 85.5 Å². The van der Waals surface area contributed by atoms with E-state index in [2.05, 4.69) is 13.8 Å². The molecule has 110 valence electrons. The van der Waals surface area contributed by atoms with Crippen molar-refractivity contribution in [3.05, 3.63) is 0 Å². The van der Waals surface area contributed by atoms with Crippen LogP contribution in [0.4, 0.5) is 0 Å². The summed E-state index contributed by atoms with van der Waals surface area (Å²) < 4.78 is 11.4. The fourth-order valence-electron chi connectivity index (χ4n) is 2.38. The fraction of sp³-hybridized carbons (Fsp3) is 1.00. The summed E-state index contributed by atoms with van der Waals surface area (Å²) in [6.07, 6.45) is 11.8. The van der Waals surface area contributed by atoms with Gasteiger partial charge in [0, 0.05) is 19.6 Å². The molecule has 2 nitrogen and oxygen atoms in total. The molecule has 0 bridgehead atoms. The van der Waals surface area contributed by atoms with Crippen LogP contribution in [0.5, 0.6) is 0 Å². The Kier molecular flexibility index (Phi) is 11.9. The average molecular weight is 258 g/mol. The van der Waals surface area contributed by atoms with Gasteiger partial charge in [0.05, 0.1) is 0 Å². The molecule has 0 unspecified atom stereocenters. The van der Waals surface area contributed by atoms with Crippen LogP contribution >= 0.6 is 0 Å². The standard InChI is InChI=1S/C16H34O2/c1-5-8-9-10-11-12-13-14-15-16(4,17-6-2)18-7-3/h5-15H2,1-4H3. The van der Waals surface area contributed by atoms with E-state index in [0.717, 1.165) is 19.6 Å². The Hall–Kier alpha value is -0.0800. The lowest BCUT2D eigenvalue weighted by Gasteiger charge is -2.29. The summed E-state index contributed by atoms with van der Waals surface area (Å²) in [5.74, 6) is -0.355. The quantitative estimate of drug-likeness (QED) is 0.329. The summed E-state index contributed by atoms with van der Waals surface area (Å²) in [4.78, 5) is 0. The molecule has 0 heterocycles. The van der Waals surface area contributed by atoms with Gasteiger partial charge in [-0.3, -0.25) is 0 Å². The van der Waals surface area contributed by atoms with Crippen molar-refractivity contribution in [3.8, 4) is 0 Å². The van der Waals surface area contributed by atoms with Gasteiger partial charge in [-0.25, -0.2) is 0 Å². The lowest BCUT2D eigenvalue weighted by atomic mass is 10.0. The van der Waals surface area contributed by atoms with Crippen molar-refractivity contribution in [1.82, 2.24) is 0 Å². The molecule has 0 rings (SSSR count). The molecule has 0 aromatic rings. The molecule has 18 heavy (non-hydrogen) atoms. The Bertz CT molecular complexity index is 162. The molecule has 2 heteroatoms. The summed E-state index contributed by atoms with van der Waals surface area (Å²) >= 11 is 0. The maximum absolute atomic E-state index is 5.71. The molecule has 0 saturated heterocycles. The van der Waals surface area contributed by atoms with Gasteiger partial charge in [0.25, 0.3) is 0 Å². The molecule has 0 N–H and O–H groups in total. The van der Waals surface area contributed by atoms with Gasteiger partial charge < -0.3 is 9.47 Å². The monoisotopic (exact) mass is 258 g/mol. The lowest BCUT2D eigenvalue weighted by molar-refractivity contribution is -0.225. The van der Waals surface area contributed by atoms with E-state index < -0.39 is 0 Å². The highest BCUT2D eigenvalue weighted by atomic mass is 16.7. The fourth-order valence-corrected chi connectivity index (χ4v) is 2.38. The van der Waals surface area contributed by atoms with Crippen LogP contribution < -0.4 is 0 Å². The van der Waals surface area contributed by atoms with E-state index in [1.807, 2.05) is 13.8 Å². The summed E-state index contributed by atoms with van der Waals surface area (Å²) in [7, 11) is 0. The summed E-state index contributed by atoms with van der Waals surface area (Å²) in [5, 5.41) is 0. The number of hydrogen-bond acceptors (Lipinski definition) is 2. The summed E-state index contributed by atoms with van der Waals surface area (Å²) in [6.45, 7) is 9.86. The van der Waals surface area contributed by atoms with Gasteiger partial charge in [-0.1, -0.05) is 51.9 Å². The molecule has 0 saturated carbocycles. The van der Waals surface area contributed by atoms with Gasteiger partial charge in [0.2, 0.25) is 0 Å². The van der Waals surface area contributed by atoms with Gasteiger partial charge in [-0.05, 0) is 27.2 Å². The predicted octanol–water partition coefficient (Wildman–Crippen LogP) is 5.31. The molecule has 0 atom stereocenters. The molecule has 0 aliphatic rings. The smallest absolute Gasteiger partial charge is 0.165 e. The minimum Gasteiger partial charge on any atom is -0.351 e. The second-order valence-electron chi connectivity index (χ2n) is 5.22. The van der Waals surface area contributed by atoms with Crippen LogP contribution in [-0.2, 0) is 9.47 Å². The van der Waals surface area contributed by atoms with Gasteiger partial charge in [-0.2, -0.15) is 0 Å². The van der Waals surface area contributed by atoms with E-state index in [9.17, 15) is 0 Å². The topological polar surface area (TPSA) is 18.5 Å². The lowest BCUT2D eigenvalue weighted by Crippen LogP contribution is -2.32. The van der Waals surface area contributed by atoms with Crippen LogP contribution in [0.25, 0.3) is 0 Å². The molecule has 0 aliphatic heterocycles. The van der Waals surface area contributed by atoms with Crippen molar-refractivity contribution < 1.29 is 9.47 Å². The normalized spacial score (nSPS) is 12.0. The molecular weight excluding hydrogens is 224 g/mol. The van der Waals surface area contributed by atoms with Gasteiger partial charge >= 0.3 is 0 Å². The Balaban J connectivity index is 3.49. The largest absolute Gasteiger partial charge is 0.351 e. The minimum atomic E-state index is -0.355. The van der Waals surface area contributed by atoms with Gasteiger partial charge in [0.1, 0.15) is 0 Å². The number of ether oxygens (including phenoxy) is 2. The summed E-state index contributed by atoms with van der Waals surface area (Å²) in [6, 6.07) is 0. The molecule has 0 aromatic carbocycles. The van der Waals surface area contributed by atoms with Gasteiger partial charge in [-0.15, -0.1) is 0 Å². The first kappa shape index (κ1) is 17.9. The number of hydrogen-bond donors (Lipinski definition) is 0. The molecule has 0 radical (unpaired) electrons. The third-order valence-corrected chi connectivity index (χ3v) is 3.38. The van der Waals surface area contributed by atoms with Crippen LogP contribution in [0.15, 0.2) is 0 Å². The zero-order chi connectivity index (χ0) is 13.7. The first-order chi connectivity index (χ1) is 8.68. The summed E-state index contributed by atoms with van der Waals surface area (Å²) in [5.41, 5.74) is 0. The Labute approximate surface area is 114 Å². The second-order valence-corrected chi connectivity index (χ2v) is 5.22. The maximum atomic E-state index is 5.71. The first-order valence-electron chi connectivity index (χ1n) is 7.96. The van der Waals surface area contributed by atoms with E-state index in [0.29, 0.717) is 0 Å². The third-order valence-electron chi connectivity index (χ3n) is 3.38. The van der Waals surface area contributed by atoms with E-state index in [4.69, 9.17) is 9.47 Å². The van der Waals surface area contributed by atoms with E-state index >= 15 is 0 Å². The Morgan fingerprint density at radius 3 is 1.56 bits per heavy atom. The van der Waals surface area contributed by atoms with E-state index in [1.165, 1.54) is 51.4 Å². The van der Waals surface area contributed by atoms with E-state index in [1.54, 1.807) is 0 Å². The molecule has 0 aromatic heterocycles. The molecule has 0 fully saturated rings. The predicted molar refractivity (Wildman–Crippen MR) is 78.9 cm³/mol. The van der Waals surface area contributed by atoms with Crippen LogP contribution in [0.2, 0.25) is 0 Å². The molecular formula is C16H34O2.